The average Bonchev–Trinajstić information content (AvgIpc) is 3.51. The lowest BCUT2D eigenvalue weighted by atomic mass is 9.95. The molecule has 2 aliphatic rings. The number of likely N-dealkylation sites (tertiary alicyclic amines) is 1. The third-order valence-electron chi connectivity index (χ3n) is 9.24. The normalized spacial score (nSPS) is 19.6. The van der Waals surface area contributed by atoms with Crippen LogP contribution in [-0.2, 0) is 40.3 Å². The van der Waals surface area contributed by atoms with E-state index in [0.717, 1.165) is 29.5 Å². The van der Waals surface area contributed by atoms with Gasteiger partial charge in [0.15, 0.2) is 5.96 Å². The second-order valence-corrected chi connectivity index (χ2v) is 12.6. The predicted octanol–water partition coefficient (Wildman–Crippen LogP) is 3.82. The van der Waals surface area contributed by atoms with Crippen LogP contribution in [0.4, 0.5) is 0 Å². The average molecular weight is 633 g/mol. The molecule has 0 saturated carbocycles. The fraction of sp³-hybridized carbons (Fsp3) is 0.342. The number of guanidine groups is 1. The molecule has 0 bridgehead atoms. The van der Waals surface area contributed by atoms with Crippen molar-refractivity contribution in [2.75, 3.05) is 13.1 Å². The number of rotatable bonds is 12. The first-order valence-corrected chi connectivity index (χ1v) is 16.5. The summed E-state index contributed by atoms with van der Waals surface area (Å²) in [6.45, 7) is 2.01. The van der Waals surface area contributed by atoms with E-state index in [0.29, 0.717) is 45.5 Å². The van der Waals surface area contributed by atoms with Crippen molar-refractivity contribution in [1.82, 2.24) is 15.5 Å². The van der Waals surface area contributed by atoms with E-state index >= 15 is 0 Å². The van der Waals surface area contributed by atoms with Crippen LogP contribution in [0.25, 0.3) is 10.8 Å². The van der Waals surface area contributed by atoms with E-state index in [-0.39, 0.29) is 29.9 Å². The van der Waals surface area contributed by atoms with Gasteiger partial charge in [-0.25, -0.2) is 0 Å². The smallest absolute Gasteiger partial charge is 0.245 e. The minimum Gasteiger partial charge on any atom is -0.372 e. The van der Waals surface area contributed by atoms with Crippen LogP contribution in [0, 0.1) is 0 Å². The number of benzene rings is 4. The summed E-state index contributed by atoms with van der Waals surface area (Å²) in [4.78, 5) is 34.2. The van der Waals surface area contributed by atoms with Crippen LogP contribution in [0.1, 0.15) is 41.5 Å². The van der Waals surface area contributed by atoms with Crippen molar-refractivity contribution < 1.29 is 14.3 Å². The molecule has 0 aromatic heterocycles. The minimum absolute atomic E-state index is 0.0607. The van der Waals surface area contributed by atoms with E-state index in [2.05, 4.69) is 58.1 Å². The van der Waals surface area contributed by atoms with Crippen LogP contribution >= 0.6 is 0 Å². The zero-order valence-corrected chi connectivity index (χ0v) is 26.7. The summed E-state index contributed by atoms with van der Waals surface area (Å²) in [5.41, 5.74) is 15.6. The van der Waals surface area contributed by atoms with Crippen LogP contribution in [0.3, 0.4) is 0 Å². The Morgan fingerprint density at radius 2 is 1.66 bits per heavy atom. The van der Waals surface area contributed by atoms with Crippen LogP contribution in [0.2, 0.25) is 0 Å². The van der Waals surface area contributed by atoms with Crippen molar-refractivity contribution in [2.24, 2.45) is 16.5 Å². The number of ether oxygens (including phenoxy) is 1. The molecule has 0 spiro atoms. The molecule has 2 amide bonds. The third kappa shape index (κ3) is 8.36. The molecule has 9 nitrogen and oxygen atoms in total. The molecule has 1 fully saturated rings. The summed E-state index contributed by atoms with van der Waals surface area (Å²) < 4.78 is 6.44. The van der Waals surface area contributed by atoms with Crippen molar-refractivity contribution in [1.29, 1.82) is 0 Å². The number of hydrogen-bond acceptors (Lipinski definition) is 5. The summed E-state index contributed by atoms with van der Waals surface area (Å²) in [5.74, 6) is -0.200. The number of nitrogens with zero attached hydrogens (tertiary/aromatic N) is 2. The van der Waals surface area contributed by atoms with E-state index in [4.69, 9.17) is 16.2 Å². The van der Waals surface area contributed by atoms with Gasteiger partial charge < -0.3 is 31.7 Å². The maximum Gasteiger partial charge on any atom is 0.245 e. The Bertz CT molecular complexity index is 1710. The highest BCUT2D eigenvalue weighted by Crippen LogP contribution is 2.27. The monoisotopic (exact) mass is 632 g/mol. The van der Waals surface area contributed by atoms with E-state index in [1.807, 2.05) is 59.5 Å². The fourth-order valence-corrected chi connectivity index (χ4v) is 6.78. The first-order chi connectivity index (χ1) is 22.9. The molecule has 0 aliphatic carbocycles. The van der Waals surface area contributed by atoms with Gasteiger partial charge in [0.2, 0.25) is 11.8 Å². The summed E-state index contributed by atoms with van der Waals surface area (Å²) >= 11 is 0. The van der Waals surface area contributed by atoms with Crippen LogP contribution in [0.5, 0.6) is 0 Å². The number of aliphatic imine (C=N–C) groups is 1. The Hall–Kier alpha value is -4.73. The van der Waals surface area contributed by atoms with Crippen LogP contribution < -0.4 is 22.1 Å². The number of amides is 2. The molecule has 0 unspecified atom stereocenters. The van der Waals surface area contributed by atoms with Gasteiger partial charge >= 0.3 is 0 Å². The van der Waals surface area contributed by atoms with E-state index in [9.17, 15) is 9.59 Å². The third-order valence-corrected chi connectivity index (χ3v) is 9.24. The highest BCUT2D eigenvalue weighted by atomic mass is 16.5. The molecule has 47 heavy (non-hydrogen) atoms. The van der Waals surface area contributed by atoms with Gasteiger partial charge in [0.1, 0.15) is 6.04 Å². The molecule has 9 heteroatoms. The van der Waals surface area contributed by atoms with Crippen LogP contribution in [-0.4, -0.2) is 60.0 Å². The van der Waals surface area contributed by atoms with Gasteiger partial charge in [0.05, 0.1) is 18.8 Å². The zero-order chi connectivity index (χ0) is 32.6. The summed E-state index contributed by atoms with van der Waals surface area (Å²) in [6.07, 6.45) is 3.00. The highest BCUT2D eigenvalue weighted by molar-refractivity contribution is 5.90. The highest BCUT2D eigenvalue weighted by Gasteiger charge is 2.39. The summed E-state index contributed by atoms with van der Waals surface area (Å²) in [7, 11) is 0. The first kappa shape index (κ1) is 32.2. The molecule has 4 aromatic carbocycles. The summed E-state index contributed by atoms with van der Waals surface area (Å²) in [5, 5.41) is 8.87. The largest absolute Gasteiger partial charge is 0.372 e. The van der Waals surface area contributed by atoms with E-state index in [1.165, 1.54) is 16.3 Å². The number of fused-ring (bicyclic) bond motifs is 2. The maximum absolute atomic E-state index is 14.5. The summed E-state index contributed by atoms with van der Waals surface area (Å²) in [6, 6.07) is 31.4. The molecule has 6 rings (SSSR count). The number of hydrogen-bond donors (Lipinski definition) is 4. The Kier molecular flexibility index (Phi) is 10.4. The Labute approximate surface area is 276 Å². The quantitative estimate of drug-likeness (QED) is 0.107. The molecule has 2 aliphatic heterocycles. The fourth-order valence-electron chi connectivity index (χ4n) is 6.78. The number of nitrogens with two attached hydrogens (primary N) is 2. The molecule has 4 aromatic rings. The van der Waals surface area contributed by atoms with Crippen LogP contribution in [0.15, 0.2) is 102 Å². The Morgan fingerprint density at radius 1 is 0.915 bits per heavy atom. The molecule has 1 saturated heterocycles. The van der Waals surface area contributed by atoms with Gasteiger partial charge in [-0.3, -0.25) is 14.6 Å². The van der Waals surface area contributed by atoms with E-state index in [1.54, 1.807) is 0 Å². The standard InChI is InChI=1S/C38H44N6O3/c39-38(40)41-18-8-15-32-22-33(47-25-27-16-17-28-11-4-5-12-29(28)19-27)24-44(32)37(46)35(20-26-9-2-1-3-10-26)43-36(45)34-21-30-13-6-7-14-31(30)23-42-34/h1-7,9-14,16-17,19,32-35,42H,8,15,18,20-25H2,(H,43,45)(H4,39,40,41)/t32-,33-,34+,35-/m1/s1. The predicted molar refractivity (Wildman–Crippen MR) is 185 cm³/mol. The molecule has 6 N–H and O–H groups in total. The molecular weight excluding hydrogens is 588 g/mol. The van der Waals surface area contributed by atoms with Gasteiger partial charge in [-0.05, 0) is 64.8 Å². The van der Waals surface area contributed by atoms with Crippen molar-refractivity contribution >= 4 is 28.5 Å². The lowest BCUT2D eigenvalue weighted by Crippen LogP contribution is -2.56. The SMILES string of the molecule is NC(N)=NCCC[C@@H]1C[C@@H](OCc2ccc3ccccc3c2)CN1C(=O)[C@@H](Cc1ccccc1)NC(=O)[C@@H]1Cc2ccccc2CN1. The number of nitrogens with one attached hydrogen (secondary N) is 2. The first-order valence-electron chi connectivity index (χ1n) is 16.5. The zero-order valence-electron chi connectivity index (χ0n) is 26.7. The topological polar surface area (TPSA) is 135 Å². The number of carbonyl (C=O) groups excluding carboxylic acids is 2. The maximum atomic E-state index is 14.5. The number of carbonyl (C=O) groups is 2. The Balaban J connectivity index is 1.18. The lowest BCUT2D eigenvalue weighted by Gasteiger charge is -2.31. The molecule has 244 valence electrons. The van der Waals surface area contributed by atoms with Crippen molar-refractivity contribution in [3.63, 3.8) is 0 Å². The second kappa shape index (κ2) is 15.2. The molecule has 4 atom stereocenters. The van der Waals surface area contributed by atoms with Crippen molar-refractivity contribution in [3.05, 3.63) is 119 Å². The van der Waals surface area contributed by atoms with Gasteiger partial charge in [0.25, 0.3) is 0 Å². The second-order valence-electron chi connectivity index (χ2n) is 12.6. The van der Waals surface area contributed by atoms with E-state index < -0.39 is 12.1 Å². The van der Waals surface area contributed by atoms with Gasteiger partial charge in [-0.2, -0.15) is 0 Å². The van der Waals surface area contributed by atoms with Crippen molar-refractivity contribution in [3.8, 4) is 0 Å². The van der Waals surface area contributed by atoms with Gasteiger partial charge in [0, 0.05) is 32.1 Å². The minimum atomic E-state index is -0.719. The lowest BCUT2D eigenvalue weighted by molar-refractivity contribution is -0.138. The Morgan fingerprint density at radius 3 is 2.47 bits per heavy atom. The molecular formula is C38H44N6O3. The van der Waals surface area contributed by atoms with Crippen molar-refractivity contribution in [2.45, 2.75) is 69.5 Å². The molecule has 2 heterocycles. The molecule has 0 radical (unpaired) electrons. The van der Waals surface area contributed by atoms with Gasteiger partial charge in [-0.15, -0.1) is 0 Å². The van der Waals surface area contributed by atoms with Gasteiger partial charge in [-0.1, -0.05) is 91.0 Å².